The van der Waals surface area contributed by atoms with Crippen LogP contribution >= 0.6 is 24.2 Å². The van der Waals surface area contributed by atoms with Crippen LogP contribution in [0, 0.1) is 37.6 Å². The Morgan fingerprint density at radius 1 is 0.877 bits per heavy atom. The maximum Gasteiger partial charge on any atom is 0.475 e. The summed E-state index contributed by atoms with van der Waals surface area (Å²) in [5.74, 6) is 0. The first kappa shape index (κ1) is 49.7. The lowest BCUT2D eigenvalue weighted by atomic mass is 9.97. The third kappa shape index (κ3) is 15.4. The molecule has 0 radical (unpaired) electrons. The molecular formula is C32H47N8O14P3. The molecule has 0 saturated carbocycles. The smallest absolute Gasteiger partial charge is 0.374 e. The Morgan fingerprint density at radius 3 is 1.74 bits per heavy atom. The lowest BCUT2D eigenvalue weighted by Gasteiger charge is -2.41. The van der Waals surface area contributed by atoms with Gasteiger partial charge >= 0.3 is 21.3 Å². The van der Waals surface area contributed by atoms with Crippen LogP contribution in [0.4, 0.5) is 0 Å². The van der Waals surface area contributed by atoms with Gasteiger partial charge in [-0.1, -0.05) is 0 Å². The van der Waals surface area contributed by atoms with E-state index < -0.39 is 99.1 Å². The molecule has 314 valence electrons. The number of aromatic nitrogens is 2. The largest absolute Gasteiger partial charge is 0.475 e. The van der Waals surface area contributed by atoms with Crippen LogP contribution in [0.2, 0.25) is 0 Å². The second-order valence-electron chi connectivity index (χ2n) is 12.2. The lowest BCUT2D eigenvalue weighted by Crippen LogP contribution is -2.52. The highest BCUT2D eigenvalue weighted by Crippen LogP contribution is 2.57. The number of rotatable bonds is 28. The summed E-state index contributed by atoms with van der Waals surface area (Å²) in [7, 11) is -10.2. The first-order valence-corrected chi connectivity index (χ1v) is 21.4. The van der Waals surface area contributed by atoms with Crippen molar-refractivity contribution in [3.63, 3.8) is 0 Å². The highest BCUT2D eigenvalue weighted by molar-refractivity contribution is 7.48. The van der Waals surface area contributed by atoms with Crippen molar-refractivity contribution in [1.29, 1.82) is 5.26 Å². The summed E-state index contributed by atoms with van der Waals surface area (Å²) in [5, 5.41) is 9.32. The van der Waals surface area contributed by atoms with Gasteiger partial charge in [0.2, 0.25) is 26.2 Å². The minimum absolute atomic E-state index is 0.0198. The van der Waals surface area contributed by atoms with Crippen molar-refractivity contribution in [2.75, 3.05) is 79.5 Å². The molecule has 2 rings (SSSR count). The second-order valence-corrected chi connectivity index (χ2v) is 16.9. The van der Waals surface area contributed by atoms with Crippen LogP contribution in [-0.2, 0) is 54.8 Å². The molecule has 4 atom stereocenters. The zero-order valence-electron chi connectivity index (χ0n) is 32.2. The molecule has 1 fully saturated rings. The highest BCUT2D eigenvalue weighted by atomic mass is 31.2. The molecule has 22 nitrogen and oxygen atoms in total. The van der Waals surface area contributed by atoms with Gasteiger partial charge in [0.05, 0.1) is 32.3 Å². The zero-order chi connectivity index (χ0) is 42.5. The van der Waals surface area contributed by atoms with E-state index in [2.05, 4.69) is 24.4 Å². The number of nitriles is 1. The van der Waals surface area contributed by atoms with Crippen LogP contribution in [0.15, 0.2) is 21.9 Å². The third-order valence-electron chi connectivity index (χ3n) is 7.46. The van der Waals surface area contributed by atoms with E-state index in [1.807, 2.05) is 38.4 Å². The van der Waals surface area contributed by atoms with Gasteiger partial charge in [0.1, 0.15) is 44.2 Å². The van der Waals surface area contributed by atoms with Crippen LogP contribution in [0.3, 0.4) is 0 Å². The topological polar surface area (TPSA) is 226 Å². The molecule has 0 aromatic carbocycles. The summed E-state index contributed by atoms with van der Waals surface area (Å²) < 4.78 is 89.6. The molecule has 1 aromatic rings. The number of phosphoric acid groups is 2. The fourth-order valence-corrected chi connectivity index (χ4v) is 9.35. The van der Waals surface area contributed by atoms with E-state index in [9.17, 15) is 24.0 Å². The molecule has 1 N–H and O–H groups in total. The number of nitrogens with one attached hydrogen (secondary N) is 1. The standard InChI is InChI=1S/C32H47N8O14P3/c1-25(2)40(26(3)4)55(46-18-10-12-33)54-29-28(45-9)30(39-17-11-27(41)38-31(39)42)53-32(29,23-51-56(43,47-19-13-34-5)48-20-14-35-6)24-52-57(44,49-21-15-36-7)50-22-16-37-8/h11,17,25-26,28-30H,10,13-16,18-24H2,1-4,9H3,(H,38,41,42)/t28?,29-,30-,55?/m1/s1. The molecule has 0 spiro atoms. The molecule has 57 heavy (non-hydrogen) atoms. The van der Waals surface area contributed by atoms with Crippen LogP contribution in [0.25, 0.3) is 19.4 Å². The van der Waals surface area contributed by atoms with Gasteiger partial charge in [-0.15, -0.1) is 0 Å². The van der Waals surface area contributed by atoms with E-state index in [1.54, 1.807) is 0 Å². The number of methoxy groups -OCH3 is 1. The number of ether oxygens (including phenoxy) is 2. The maximum atomic E-state index is 14.0. The molecule has 2 heterocycles. The number of hydrogen-bond acceptors (Lipinski definition) is 16. The van der Waals surface area contributed by atoms with Crippen molar-refractivity contribution in [1.82, 2.24) is 14.2 Å². The molecule has 1 saturated heterocycles. The quantitative estimate of drug-likeness (QED) is 0.0697. The van der Waals surface area contributed by atoms with Gasteiger partial charge in [0.25, 0.3) is 14.1 Å². The van der Waals surface area contributed by atoms with Crippen LogP contribution in [-0.4, -0.2) is 124 Å². The zero-order valence-corrected chi connectivity index (χ0v) is 34.9. The predicted octanol–water partition coefficient (Wildman–Crippen LogP) is 4.47. The average Bonchev–Trinajstić information content (AvgIpc) is 3.46. The Kier molecular flexibility index (Phi) is 21.9. The third-order valence-corrected chi connectivity index (χ3v) is 12.5. The molecule has 1 aliphatic rings. The average molecular weight is 861 g/mol. The molecule has 1 aliphatic heterocycles. The van der Waals surface area contributed by atoms with Gasteiger partial charge in [-0.2, -0.15) is 5.26 Å². The van der Waals surface area contributed by atoms with E-state index in [1.165, 1.54) is 7.11 Å². The van der Waals surface area contributed by atoms with Gasteiger partial charge < -0.3 is 37.9 Å². The molecule has 0 aliphatic carbocycles. The Morgan fingerprint density at radius 2 is 1.35 bits per heavy atom. The summed E-state index contributed by atoms with van der Waals surface area (Å²) in [6.45, 7) is 31.5. The number of hydrogen-bond donors (Lipinski definition) is 1. The minimum atomic E-state index is -4.66. The van der Waals surface area contributed by atoms with Crippen LogP contribution in [0.1, 0.15) is 40.3 Å². The normalized spacial score (nSPS) is 18.5. The van der Waals surface area contributed by atoms with Crippen molar-refractivity contribution in [3.05, 3.63) is 78.8 Å². The molecule has 25 heteroatoms. The molecule has 1 aromatic heterocycles. The fraction of sp³-hybridized carbons (Fsp3) is 0.719. The second kappa shape index (κ2) is 25.2. The van der Waals surface area contributed by atoms with E-state index in [0.717, 1.165) is 16.8 Å². The van der Waals surface area contributed by atoms with Crippen molar-refractivity contribution < 1.29 is 54.8 Å². The lowest BCUT2D eigenvalue weighted by molar-refractivity contribution is -0.146. The van der Waals surface area contributed by atoms with E-state index in [-0.39, 0.29) is 51.3 Å². The maximum absolute atomic E-state index is 14.0. The van der Waals surface area contributed by atoms with Crippen molar-refractivity contribution in [2.45, 2.75) is 70.2 Å². The van der Waals surface area contributed by atoms with Gasteiger partial charge in [0.15, 0.2) is 6.23 Å². The monoisotopic (exact) mass is 860 g/mol. The Balaban J connectivity index is 2.92. The molecule has 2 unspecified atom stereocenters. The first-order chi connectivity index (χ1) is 27.2. The van der Waals surface area contributed by atoms with Crippen molar-refractivity contribution in [3.8, 4) is 6.07 Å². The Hall–Kier alpha value is -3.42. The minimum Gasteiger partial charge on any atom is -0.374 e. The van der Waals surface area contributed by atoms with Crippen LogP contribution < -0.4 is 11.2 Å². The predicted molar refractivity (Wildman–Crippen MR) is 202 cm³/mol. The number of nitrogens with zero attached hydrogens (tertiary/aromatic N) is 7. The number of phosphoric ester groups is 2. The fourth-order valence-electron chi connectivity index (χ4n) is 5.12. The SMILES string of the molecule is [C-]#[N+]CCOP(=O)(OCC[N+]#[C-])OCC1(COP(=O)(OCC[N+]#[C-])OCC[N+]#[C-])O[C@@H](n2ccc(=O)[nH]c2=O)C(OC)[C@H]1OP(OCCC#N)N(C(C)C)C(C)C. The van der Waals surface area contributed by atoms with Crippen molar-refractivity contribution in [2.24, 2.45) is 0 Å². The molecule has 0 bridgehead atoms. The Labute approximate surface area is 332 Å². The number of H-pyrrole nitrogens is 1. The van der Waals surface area contributed by atoms with E-state index in [4.69, 9.17) is 72.0 Å². The summed E-state index contributed by atoms with van der Waals surface area (Å²) in [5.41, 5.74) is -3.84. The first-order valence-electron chi connectivity index (χ1n) is 17.4. The van der Waals surface area contributed by atoms with E-state index in [0.29, 0.717) is 0 Å². The summed E-state index contributed by atoms with van der Waals surface area (Å²) in [6.07, 6.45) is -3.21. The van der Waals surface area contributed by atoms with Gasteiger partial charge in [0, 0.05) is 31.5 Å². The van der Waals surface area contributed by atoms with Crippen LogP contribution in [0.5, 0.6) is 0 Å². The summed E-state index contributed by atoms with van der Waals surface area (Å²) in [6, 6.07) is 2.61. The van der Waals surface area contributed by atoms with Gasteiger partial charge in [-0.05, 0) is 27.7 Å². The number of aromatic amines is 1. The summed E-state index contributed by atoms with van der Waals surface area (Å²) >= 11 is 0. The molecule has 0 amide bonds. The Bertz CT molecular complexity index is 1730. The van der Waals surface area contributed by atoms with Gasteiger partial charge in [-0.25, -0.2) is 44.9 Å². The molecular weight excluding hydrogens is 813 g/mol. The van der Waals surface area contributed by atoms with Crippen molar-refractivity contribution >= 4 is 24.2 Å². The summed E-state index contributed by atoms with van der Waals surface area (Å²) in [4.78, 5) is 40.2. The highest BCUT2D eigenvalue weighted by Gasteiger charge is 2.61. The van der Waals surface area contributed by atoms with E-state index >= 15 is 0 Å². The van der Waals surface area contributed by atoms with Gasteiger partial charge in [-0.3, -0.25) is 41.5 Å².